The van der Waals surface area contributed by atoms with Gasteiger partial charge in [-0.3, -0.25) is 9.59 Å². The van der Waals surface area contributed by atoms with Crippen LogP contribution in [0.4, 0.5) is 11.4 Å². The minimum absolute atomic E-state index is 0.122. The maximum Gasteiger partial charge on any atom is 0.230 e. The predicted octanol–water partition coefficient (Wildman–Crippen LogP) is 2.56. The van der Waals surface area contributed by atoms with Gasteiger partial charge in [0, 0.05) is 36.3 Å². The van der Waals surface area contributed by atoms with Crippen molar-refractivity contribution in [1.29, 1.82) is 0 Å². The normalized spacial score (nSPS) is 17.1. The zero-order valence-corrected chi connectivity index (χ0v) is 18.3. The van der Waals surface area contributed by atoms with Crippen molar-refractivity contribution in [3.63, 3.8) is 0 Å². The number of carbonyl (C=O) groups excluding carboxylic acids is 2. The van der Waals surface area contributed by atoms with Crippen molar-refractivity contribution in [2.24, 2.45) is 5.92 Å². The van der Waals surface area contributed by atoms with Gasteiger partial charge in [-0.25, -0.2) is 8.42 Å². The van der Waals surface area contributed by atoms with Crippen molar-refractivity contribution in [1.82, 2.24) is 0 Å². The largest absolute Gasteiger partial charge is 0.486 e. The fourth-order valence-corrected chi connectivity index (χ4v) is 5.33. The molecule has 0 bridgehead atoms. The van der Waals surface area contributed by atoms with E-state index in [-0.39, 0.29) is 28.9 Å². The highest BCUT2D eigenvalue weighted by Gasteiger charge is 2.36. The second-order valence-corrected chi connectivity index (χ2v) is 10.4. The number of hydrogen-bond acceptors (Lipinski definition) is 6. The Hall–Kier alpha value is -3.07. The maximum absolute atomic E-state index is 12.8. The second kappa shape index (κ2) is 8.12. The Morgan fingerprint density at radius 1 is 1.03 bits per heavy atom. The molecule has 9 heteroatoms. The molecular formula is C23H24N2O6S. The topological polar surface area (TPSA) is 102 Å². The lowest BCUT2D eigenvalue weighted by atomic mass is 10.2. The van der Waals surface area contributed by atoms with E-state index in [9.17, 15) is 18.0 Å². The van der Waals surface area contributed by atoms with Gasteiger partial charge in [0.1, 0.15) is 13.2 Å². The average Bonchev–Trinajstić information content (AvgIpc) is 3.56. The summed E-state index contributed by atoms with van der Waals surface area (Å²) < 4.78 is 36.6. The minimum Gasteiger partial charge on any atom is -0.486 e. The maximum atomic E-state index is 12.8. The van der Waals surface area contributed by atoms with E-state index in [1.54, 1.807) is 35.2 Å². The minimum atomic E-state index is -3.63. The molecule has 0 saturated heterocycles. The summed E-state index contributed by atoms with van der Waals surface area (Å²) in [5.74, 6) is 0.729. The zero-order chi connectivity index (χ0) is 22.3. The van der Waals surface area contributed by atoms with E-state index >= 15 is 0 Å². The molecule has 1 fully saturated rings. The molecule has 0 aromatic heterocycles. The molecular weight excluding hydrogens is 432 g/mol. The van der Waals surface area contributed by atoms with Crippen molar-refractivity contribution in [3.8, 4) is 11.5 Å². The summed E-state index contributed by atoms with van der Waals surface area (Å²) >= 11 is 0. The van der Waals surface area contributed by atoms with E-state index in [1.807, 2.05) is 0 Å². The van der Waals surface area contributed by atoms with Crippen LogP contribution < -0.4 is 19.7 Å². The number of carbonyl (C=O) groups is 2. The first-order valence-corrected chi connectivity index (χ1v) is 12.4. The molecule has 8 nitrogen and oxygen atoms in total. The molecule has 2 aromatic rings. The van der Waals surface area contributed by atoms with E-state index < -0.39 is 15.7 Å². The Balaban J connectivity index is 1.22. The first kappa shape index (κ1) is 20.8. The fourth-order valence-electron chi connectivity index (χ4n) is 4.04. The van der Waals surface area contributed by atoms with E-state index in [1.165, 1.54) is 6.07 Å². The van der Waals surface area contributed by atoms with Gasteiger partial charge in [0.15, 0.2) is 21.3 Å². The van der Waals surface area contributed by atoms with Crippen LogP contribution in [-0.4, -0.2) is 45.7 Å². The molecule has 3 aliphatic rings. The Morgan fingerprint density at radius 2 is 1.81 bits per heavy atom. The third-order valence-corrected chi connectivity index (χ3v) is 7.64. The molecule has 2 aliphatic heterocycles. The molecule has 32 heavy (non-hydrogen) atoms. The number of anilines is 2. The van der Waals surface area contributed by atoms with Gasteiger partial charge >= 0.3 is 0 Å². The van der Waals surface area contributed by atoms with Gasteiger partial charge in [-0.1, -0.05) is 0 Å². The van der Waals surface area contributed by atoms with Crippen molar-refractivity contribution >= 4 is 33.0 Å². The van der Waals surface area contributed by atoms with Crippen molar-refractivity contribution in [3.05, 3.63) is 42.0 Å². The Bertz CT molecular complexity index is 1190. The number of nitrogens with zero attached hydrogens (tertiary/aromatic N) is 1. The number of nitrogens with one attached hydrogen (secondary N) is 1. The third kappa shape index (κ3) is 4.17. The number of rotatable bonds is 6. The summed E-state index contributed by atoms with van der Waals surface area (Å²) in [6.07, 6.45) is 2.35. The molecule has 1 saturated carbocycles. The standard InChI is InChI=1S/C23H24N2O6S/c26-22(24-17-3-6-20-21(14-17)31-11-10-30-20)8-12-32(28,29)18-4-5-19-16(13-18)7-9-25(19)23(27)15-1-2-15/h3-6,13-15H,1-2,7-12H2,(H,24,26). The zero-order valence-electron chi connectivity index (χ0n) is 17.5. The van der Waals surface area contributed by atoms with E-state index in [2.05, 4.69) is 5.32 Å². The van der Waals surface area contributed by atoms with Crippen LogP contribution in [0.5, 0.6) is 11.5 Å². The van der Waals surface area contributed by atoms with Gasteiger partial charge in [-0.05, 0) is 55.2 Å². The van der Waals surface area contributed by atoms with Crippen LogP contribution in [0.15, 0.2) is 41.3 Å². The van der Waals surface area contributed by atoms with Gasteiger partial charge in [-0.2, -0.15) is 0 Å². The van der Waals surface area contributed by atoms with E-state index in [4.69, 9.17) is 9.47 Å². The molecule has 0 spiro atoms. The first-order chi connectivity index (χ1) is 15.4. The van der Waals surface area contributed by atoms with Crippen LogP contribution in [0.3, 0.4) is 0 Å². The van der Waals surface area contributed by atoms with Gasteiger partial charge in [0.2, 0.25) is 11.8 Å². The number of hydrogen-bond donors (Lipinski definition) is 1. The molecule has 5 rings (SSSR count). The van der Waals surface area contributed by atoms with Crippen molar-refractivity contribution in [2.45, 2.75) is 30.6 Å². The lowest BCUT2D eigenvalue weighted by molar-refractivity contribution is -0.119. The monoisotopic (exact) mass is 456 g/mol. The number of benzene rings is 2. The van der Waals surface area contributed by atoms with Gasteiger partial charge in [0.05, 0.1) is 10.6 Å². The summed E-state index contributed by atoms with van der Waals surface area (Å²) in [4.78, 5) is 26.7. The molecule has 168 valence electrons. The van der Waals surface area contributed by atoms with Crippen molar-refractivity contribution in [2.75, 3.05) is 35.7 Å². The summed E-state index contributed by atoms with van der Waals surface area (Å²) in [6, 6.07) is 9.95. The SMILES string of the molecule is O=C(CCS(=O)(=O)c1ccc2c(c1)CCN2C(=O)C1CC1)Nc1ccc2c(c1)OCCO2. The van der Waals surface area contributed by atoms with Crippen LogP contribution in [0.25, 0.3) is 0 Å². The van der Waals surface area contributed by atoms with Crippen LogP contribution in [0.1, 0.15) is 24.8 Å². The van der Waals surface area contributed by atoms with Crippen LogP contribution in [-0.2, 0) is 25.8 Å². The second-order valence-electron chi connectivity index (χ2n) is 8.28. The highest BCUT2D eigenvalue weighted by molar-refractivity contribution is 7.91. The van der Waals surface area contributed by atoms with E-state index in [0.29, 0.717) is 43.4 Å². The number of amides is 2. The summed E-state index contributed by atoms with van der Waals surface area (Å²) in [6.45, 7) is 1.51. The molecule has 1 N–H and O–H groups in total. The molecule has 2 amide bonds. The molecule has 2 heterocycles. The highest BCUT2D eigenvalue weighted by atomic mass is 32.2. The Morgan fingerprint density at radius 3 is 2.59 bits per heavy atom. The van der Waals surface area contributed by atoms with Crippen LogP contribution >= 0.6 is 0 Å². The molecule has 0 radical (unpaired) electrons. The Labute approximate surface area is 186 Å². The first-order valence-electron chi connectivity index (χ1n) is 10.8. The van der Waals surface area contributed by atoms with Crippen LogP contribution in [0.2, 0.25) is 0 Å². The van der Waals surface area contributed by atoms with Gasteiger partial charge in [0.25, 0.3) is 0 Å². The fraction of sp³-hybridized carbons (Fsp3) is 0.391. The lowest BCUT2D eigenvalue weighted by Gasteiger charge is -2.19. The van der Waals surface area contributed by atoms with Gasteiger partial charge < -0.3 is 19.7 Å². The molecule has 1 aliphatic carbocycles. The molecule has 2 aromatic carbocycles. The Kier molecular flexibility index (Phi) is 5.28. The summed E-state index contributed by atoms with van der Waals surface area (Å²) in [5, 5.41) is 2.71. The lowest BCUT2D eigenvalue weighted by Crippen LogP contribution is -2.30. The number of fused-ring (bicyclic) bond motifs is 2. The highest BCUT2D eigenvalue weighted by Crippen LogP contribution is 2.37. The number of sulfone groups is 1. The van der Waals surface area contributed by atoms with E-state index in [0.717, 1.165) is 24.1 Å². The average molecular weight is 457 g/mol. The smallest absolute Gasteiger partial charge is 0.230 e. The molecule has 0 atom stereocenters. The molecule has 0 unspecified atom stereocenters. The quantitative estimate of drug-likeness (QED) is 0.717. The summed E-state index contributed by atoms with van der Waals surface area (Å²) in [7, 11) is -3.63. The van der Waals surface area contributed by atoms with Crippen LogP contribution in [0, 0.1) is 5.92 Å². The van der Waals surface area contributed by atoms with Crippen molar-refractivity contribution < 1.29 is 27.5 Å². The number of ether oxygens (including phenoxy) is 2. The summed E-state index contributed by atoms with van der Waals surface area (Å²) in [5.41, 5.74) is 2.19. The third-order valence-electron chi connectivity index (χ3n) is 5.92. The van der Waals surface area contributed by atoms with Gasteiger partial charge in [-0.15, -0.1) is 0 Å². The predicted molar refractivity (Wildman–Crippen MR) is 118 cm³/mol.